The Morgan fingerprint density at radius 2 is 1.20 bits per heavy atom. The summed E-state index contributed by atoms with van der Waals surface area (Å²) in [6.07, 6.45) is 3.99. The average Bonchev–Trinajstić information content (AvgIpc) is 2.66. The van der Waals surface area contributed by atoms with Crippen LogP contribution in [-0.2, 0) is 25.7 Å². The normalized spacial score (nSPS) is 10.6. The van der Waals surface area contributed by atoms with Gasteiger partial charge in [0.15, 0.2) is 11.5 Å². The third kappa shape index (κ3) is 4.87. The number of ether oxygens (including phenoxy) is 1. The van der Waals surface area contributed by atoms with Crippen molar-refractivity contribution in [3.8, 4) is 11.5 Å². The molecular weight excluding hydrogens is 308 g/mol. The highest BCUT2D eigenvalue weighted by atomic mass is 16.5. The van der Waals surface area contributed by atoms with Crippen LogP contribution in [0.1, 0.15) is 22.3 Å². The van der Waals surface area contributed by atoms with Crippen molar-refractivity contribution in [3.63, 3.8) is 0 Å². The van der Waals surface area contributed by atoms with Gasteiger partial charge >= 0.3 is 0 Å². The average molecular weight is 332 g/mol. The number of methoxy groups -OCH3 is 1. The van der Waals surface area contributed by atoms with E-state index in [9.17, 15) is 5.11 Å². The van der Waals surface area contributed by atoms with E-state index in [1.165, 1.54) is 16.7 Å². The van der Waals surface area contributed by atoms with E-state index in [4.69, 9.17) is 4.74 Å². The summed E-state index contributed by atoms with van der Waals surface area (Å²) in [4.78, 5) is 0. The van der Waals surface area contributed by atoms with Gasteiger partial charge in [0.25, 0.3) is 0 Å². The predicted octanol–water partition coefficient (Wildman–Crippen LogP) is 4.97. The molecule has 0 fully saturated rings. The largest absolute Gasteiger partial charge is 0.504 e. The Balaban J connectivity index is 1.59. The Kier molecular flexibility index (Phi) is 5.73. The molecule has 1 N–H and O–H groups in total. The van der Waals surface area contributed by atoms with Crippen LogP contribution in [0.3, 0.4) is 0 Å². The van der Waals surface area contributed by atoms with Gasteiger partial charge in [-0.1, -0.05) is 60.7 Å². The lowest BCUT2D eigenvalue weighted by Gasteiger charge is -2.08. The van der Waals surface area contributed by atoms with E-state index in [0.717, 1.165) is 31.2 Å². The predicted molar refractivity (Wildman–Crippen MR) is 102 cm³/mol. The highest BCUT2D eigenvalue weighted by molar-refractivity contribution is 5.42. The molecule has 0 saturated carbocycles. The topological polar surface area (TPSA) is 29.5 Å². The van der Waals surface area contributed by atoms with Gasteiger partial charge in [-0.2, -0.15) is 0 Å². The highest BCUT2D eigenvalue weighted by Crippen LogP contribution is 2.26. The third-order valence-corrected chi connectivity index (χ3v) is 4.48. The molecule has 0 spiro atoms. The fourth-order valence-corrected chi connectivity index (χ4v) is 3.05. The number of aryl methyl sites for hydroxylation is 4. The maximum Gasteiger partial charge on any atom is 0.160 e. The molecule has 0 heterocycles. The Hall–Kier alpha value is -2.74. The van der Waals surface area contributed by atoms with E-state index in [0.29, 0.717) is 5.75 Å². The molecular formula is C23H24O2. The minimum Gasteiger partial charge on any atom is -0.504 e. The van der Waals surface area contributed by atoms with Crippen molar-refractivity contribution in [3.05, 3.63) is 95.1 Å². The maximum atomic E-state index is 9.89. The zero-order valence-electron chi connectivity index (χ0n) is 14.6. The lowest BCUT2D eigenvalue weighted by molar-refractivity contribution is 0.373. The first-order chi connectivity index (χ1) is 12.2. The fourth-order valence-electron chi connectivity index (χ4n) is 3.05. The fraction of sp³-hybridized carbons (Fsp3) is 0.217. The van der Waals surface area contributed by atoms with E-state index in [1.54, 1.807) is 13.2 Å². The van der Waals surface area contributed by atoms with E-state index in [1.807, 2.05) is 12.1 Å². The van der Waals surface area contributed by atoms with Crippen molar-refractivity contribution >= 4 is 0 Å². The van der Waals surface area contributed by atoms with Crippen LogP contribution < -0.4 is 4.74 Å². The van der Waals surface area contributed by atoms with Gasteiger partial charge in [0, 0.05) is 0 Å². The van der Waals surface area contributed by atoms with E-state index in [2.05, 4.69) is 54.6 Å². The summed E-state index contributed by atoms with van der Waals surface area (Å²) in [5.41, 5.74) is 5.20. The van der Waals surface area contributed by atoms with Crippen LogP contribution in [-0.4, -0.2) is 12.2 Å². The second-order valence-electron chi connectivity index (χ2n) is 6.31. The SMILES string of the molecule is COc1ccc(CCc2cccc(CCc3ccccc3)c2)cc1O. The minimum absolute atomic E-state index is 0.205. The zero-order chi connectivity index (χ0) is 17.5. The molecule has 0 aliphatic heterocycles. The lowest BCUT2D eigenvalue weighted by atomic mass is 9.99. The quantitative estimate of drug-likeness (QED) is 0.662. The number of hydrogen-bond donors (Lipinski definition) is 1. The summed E-state index contributed by atoms with van der Waals surface area (Å²) in [5, 5.41) is 9.89. The van der Waals surface area contributed by atoms with Crippen molar-refractivity contribution < 1.29 is 9.84 Å². The molecule has 0 aromatic heterocycles. The number of benzene rings is 3. The first-order valence-corrected chi connectivity index (χ1v) is 8.72. The Morgan fingerprint density at radius 3 is 1.80 bits per heavy atom. The van der Waals surface area contributed by atoms with Gasteiger partial charge in [-0.25, -0.2) is 0 Å². The van der Waals surface area contributed by atoms with Crippen LogP contribution in [0.25, 0.3) is 0 Å². The molecule has 0 aliphatic carbocycles. The minimum atomic E-state index is 0.205. The van der Waals surface area contributed by atoms with Crippen LogP contribution in [0.5, 0.6) is 11.5 Å². The number of aromatic hydroxyl groups is 1. The van der Waals surface area contributed by atoms with Crippen LogP contribution in [0, 0.1) is 0 Å². The number of rotatable bonds is 7. The molecule has 2 nitrogen and oxygen atoms in total. The zero-order valence-corrected chi connectivity index (χ0v) is 14.6. The molecule has 0 amide bonds. The third-order valence-electron chi connectivity index (χ3n) is 4.48. The number of phenolic OH excluding ortho intramolecular Hbond substituents is 1. The molecule has 0 atom stereocenters. The van der Waals surface area contributed by atoms with Gasteiger partial charge in [-0.15, -0.1) is 0 Å². The second kappa shape index (κ2) is 8.39. The molecule has 128 valence electrons. The van der Waals surface area contributed by atoms with E-state index < -0.39 is 0 Å². The van der Waals surface area contributed by atoms with Crippen molar-refractivity contribution in [2.45, 2.75) is 25.7 Å². The summed E-state index contributed by atoms with van der Waals surface area (Å²) in [5.74, 6) is 0.725. The maximum absolute atomic E-state index is 9.89. The summed E-state index contributed by atoms with van der Waals surface area (Å²) in [7, 11) is 1.57. The van der Waals surface area contributed by atoms with Crippen molar-refractivity contribution in [2.24, 2.45) is 0 Å². The van der Waals surface area contributed by atoms with Crippen molar-refractivity contribution in [1.29, 1.82) is 0 Å². The molecule has 3 rings (SSSR count). The van der Waals surface area contributed by atoms with Crippen molar-refractivity contribution in [2.75, 3.05) is 7.11 Å². The smallest absolute Gasteiger partial charge is 0.160 e. The van der Waals surface area contributed by atoms with E-state index >= 15 is 0 Å². The van der Waals surface area contributed by atoms with Gasteiger partial charge in [0.1, 0.15) is 0 Å². The molecule has 25 heavy (non-hydrogen) atoms. The monoisotopic (exact) mass is 332 g/mol. The van der Waals surface area contributed by atoms with Crippen molar-refractivity contribution in [1.82, 2.24) is 0 Å². The van der Waals surface area contributed by atoms with Crippen LogP contribution in [0.15, 0.2) is 72.8 Å². The molecule has 2 heteroatoms. The summed E-state index contributed by atoms with van der Waals surface area (Å²) < 4.78 is 5.09. The number of hydrogen-bond acceptors (Lipinski definition) is 2. The summed E-state index contributed by atoms with van der Waals surface area (Å²) in [6.45, 7) is 0. The molecule has 3 aromatic carbocycles. The first-order valence-electron chi connectivity index (χ1n) is 8.72. The Bertz CT molecular complexity index is 809. The van der Waals surface area contributed by atoms with Gasteiger partial charge in [-0.05, 0) is 60.1 Å². The molecule has 0 bridgehead atoms. The van der Waals surface area contributed by atoms with Gasteiger partial charge < -0.3 is 9.84 Å². The summed E-state index contributed by atoms with van der Waals surface area (Å²) in [6, 6.07) is 25.0. The Labute approximate surface area is 149 Å². The van der Waals surface area contributed by atoms with Gasteiger partial charge in [0.05, 0.1) is 7.11 Å². The standard InChI is InChI=1S/C23H24O2/c1-25-23-15-14-21(17-22(23)24)13-12-20-9-5-8-19(16-20)11-10-18-6-3-2-4-7-18/h2-9,14-17,24H,10-13H2,1H3. The molecule has 0 saturated heterocycles. The second-order valence-corrected chi connectivity index (χ2v) is 6.31. The van der Waals surface area contributed by atoms with Crippen LogP contribution in [0.2, 0.25) is 0 Å². The molecule has 0 radical (unpaired) electrons. The molecule has 0 unspecified atom stereocenters. The van der Waals surface area contributed by atoms with Gasteiger partial charge in [0.2, 0.25) is 0 Å². The summed E-state index contributed by atoms with van der Waals surface area (Å²) >= 11 is 0. The molecule has 3 aromatic rings. The Morgan fingerprint density at radius 1 is 0.640 bits per heavy atom. The van der Waals surface area contributed by atoms with Crippen LogP contribution in [0.4, 0.5) is 0 Å². The number of phenols is 1. The van der Waals surface area contributed by atoms with Crippen LogP contribution >= 0.6 is 0 Å². The molecule has 0 aliphatic rings. The van der Waals surface area contributed by atoms with Gasteiger partial charge in [-0.3, -0.25) is 0 Å². The van der Waals surface area contributed by atoms with E-state index in [-0.39, 0.29) is 5.75 Å². The first kappa shape index (κ1) is 17.1. The highest BCUT2D eigenvalue weighted by Gasteiger charge is 2.04. The lowest BCUT2D eigenvalue weighted by Crippen LogP contribution is -1.95.